The summed E-state index contributed by atoms with van der Waals surface area (Å²) in [6.45, 7) is 6.36. The molecule has 13 nitrogen and oxygen atoms in total. The van der Waals surface area contributed by atoms with Crippen LogP contribution in [-0.4, -0.2) is 99.8 Å². The maximum absolute atomic E-state index is 13.5. The van der Waals surface area contributed by atoms with E-state index < -0.39 is 69.1 Å². The largest absolute Gasteiger partial charge is 0.472 e. The van der Waals surface area contributed by atoms with Gasteiger partial charge in [-0.25, -0.2) is 4.57 Å². The molecule has 1 aliphatic rings. The number of ether oxygens (including phenoxy) is 3. The third-order valence-electron chi connectivity index (χ3n) is 14.4. The minimum atomic E-state index is -5.16. The van der Waals surface area contributed by atoms with E-state index >= 15 is 0 Å². The van der Waals surface area contributed by atoms with Gasteiger partial charge in [0.2, 0.25) is 0 Å². The summed E-state index contributed by atoms with van der Waals surface area (Å²) in [5.41, 5.74) is 0. The highest BCUT2D eigenvalue weighted by molar-refractivity contribution is 7.47. The van der Waals surface area contributed by atoms with Crippen molar-refractivity contribution in [3.8, 4) is 0 Å². The molecule has 0 aromatic carbocycles. The van der Waals surface area contributed by atoms with E-state index in [4.69, 9.17) is 23.3 Å². The van der Waals surface area contributed by atoms with Gasteiger partial charge in [0.05, 0.1) is 13.2 Å². The minimum Gasteiger partial charge on any atom is -0.457 e. The summed E-state index contributed by atoms with van der Waals surface area (Å²) in [4.78, 5) is 36.9. The molecule has 1 fully saturated rings. The summed E-state index contributed by atoms with van der Waals surface area (Å²) in [7, 11) is -5.16. The standard InChI is InChI=1S/C63H115O13P/c1-4-7-10-13-16-19-22-25-27-29-30-33-36-38-41-44-47-50-56(64)74-55(53-72-52-49-46-43-40-37-34-31-28-26-23-20-17-14-11-8-5-2)54-73-77(70,71)76-63-61(69)59(67)58(66)60(68)62(63)75-57(65)51-48-45-42-39-35-32-24-21-18-15-12-9-6-3/h16,19,25,27,30,33,38,41,55,58-63,66-69H,4-15,17-18,20-24,26,28-29,31-32,34-37,39-40,42-54H2,1-3H3,(H,70,71)/b19-16-,27-25-,33-30-,41-38-/t55-,58+,59+,60-,61-,62-,63+/m1/s1. The number of carbonyl (C=O) groups excluding carboxylic acids is 2. The van der Waals surface area contributed by atoms with Crippen molar-refractivity contribution < 1.29 is 62.7 Å². The fourth-order valence-corrected chi connectivity index (χ4v) is 10.5. The Morgan fingerprint density at radius 3 is 1.25 bits per heavy atom. The van der Waals surface area contributed by atoms with Crippen LogP contribution in [0.1, 0.15) is 278 Å². The number of hydrogen-bond donors (Lipinski definition) is 5. The number of aliphatic hydroxyl groups excluding tert-OH is 4. The molecule has 0 amide bonds. The Kier molecular flexibility index (Phi) is 49.1. The van der Waals surface area contributed by atoms with Gasteiger partial charge in [-0.3, -0.25) is 18.6 Å². The summed E-state index contributed by atoms with van der Waals surface area (Å²) < 4.78 is 41.1. The molecule has 14 heteroatoms. The lowest BCUT2D eigenvalue weighted by atomic mass is 9.85. The van der Waals surface area contributed by atoms with E-state index in [0.717, 1.165) is 70.6 Å². The van der Waals surface area contributed by atoms with Gasteiger partial charge in [-0.05, 0) is 57.8 Å². The SMILES string of the molecule is CCCCC/C=C\C/C=C\C/C=C\C/C=C\CCCC(=O)O[C@H](COCCCCCCCCCCCCCCCCCC)COP(=O)(O)O[C@H]1[C@H](O)[C@@H](O)[C@H](O)[C@@H](O)[C@H]1OC(=O)CCCCCCCCCCCCCCC. The highest BCUT2D eigenvalue weighted by atomic mass is 31.2. The van der Waals surface area contributed by atoms with Crippen molar-refractivity contribution in [2.45, 2.75) is 320 Å². The van der Waals surface area contributed by atoms with Gasteiger partial charge in [-0.15, -0.1) is 0 Å². The fourth-order valence-electron chi connectivity index (χ4n) is 9.55. The molecule has 0 aromatic heterocycles. The number of phosphoric acid groups is 1. The summed E-state index contributed by atoms with van der Waals surface area (Å²) in [5, 5.41) is 42.7. The van der Waals surface area contributed by atoms with Gasteiger partial charge in [-0.2, -0.15) is 0 Å². The lowest BCUT2D eigenvalue weighted by Crippen LogP contribution is -2.65. The van der Waals surface area contributed by atoms with Crippen LogP contribution in [0.3, 0.4) is 0 Å². The Labute approximate surface area is 469 Å². The Balaban J connectivity index is 2.69. The van der Waals surface area contributed by atoms with Crippen LogP contribution in [-0.2, 0) is 37.4 Å². The Morgan fingerprint density at radius 1 is 0.429 bits per heavy atom. The second kappa shape index (κ2) is 51.9. The van der Waals surface area contributed by atoms with Crippen LogP contribution < -0.4 is 0 Å². The zero-order chi connectivity index (χ0) is 56.3. The molecule has 8 atom stereocenters. The van der Waals surface area contributed by atoms with Crippen LogP contribution in [0, 0.1) is 0 Å². The Bertz CT molecular complexity index is 1540. The monoisotopic (exact) mass is 1110 g/mol. The molecule has 0 bridgehead atoms. The average Bonchev–Trinajstić information content (AvgIpc) is 3.42. The Morgan fingerprint density at radius 2 is 0.792 bits per heavy atom. The summed E-state index contributed by atoms with van der Waals surface area (Å²) in [6.07, 6.45) is 47.8. The molecule has 1 aliphatic carbocycles. The van der Waals surface area contributed by atoms with Gasteiger partial charge in [0.15, 0.2) is 6.10 Å². The number of hydrogen-bond acceptors (Lipinski definition) is 12. The second-order valence-electron chi connectivity index (χ2n) is 21.7. The molecule has 5 N–H and O–H groups in total. The van der Waals surface area contributed by atoms with Crippen LogP contribution in [0.4, 0.5) is 0 Å². The average molecular weight is 1110 g/mol. The topological polar surface area (TPSA) is 199 Å². The lowest BCUT2D eigenvalue weighted by molar-refractivity contribution is -0.231. The molecule has 1 saturated carbocycles. The normalized spacial score (nSPS) is 20.3. The minimum absolute atomic E-state index is 0.0220. The molecular weight excluding hydrogens is 996 g/mol. The summed E-state index contributed by atoms with van der Waals surface area (Å²) >= 11 is 0. The van der Waals surface area contributed by atoms with Crippen LogP contribution in [0.2, 0.25) is 0 Å². The maximum Gasteiger partial charge on any atom is 0.472 e. The molecule has 0 spiro atoms. The summed E-state index contributed by atoms with van der Waals surface area (Å²) in [6, 6.07) is 0. The zero-order valence-electron chi connectivity index (χ0n) is 49.0. The van der Waals surface area contributed by atoms with Gasteiger partial charge in [0, 0.05) is 19.4 Å². The van der Waals surface area contributed by atoms with E-state index in [2.05, 4.69) is 63.3 Å². The number of aliphatic hydroxyl groups is 4. The molecule has 0 saturated heterocycles. The fraction of sp³-hybridized carbons (Fsp3) is 0.841. The van der Waals surface area contributed by atoms with Crippen molar-refractivity contribution in [2.75, 3.05) is 19.8 Å². The predicted molar refractivity (Wildman–Crippen MR) is 314 cm³/mol. The van der Waals surface area contributed by atoms with Gasteiger partial charge >= 0.3 is 19.8 Å². The van der Waals surface area contributed by atoms with Gasteiger partial charge in [0.25, 0.3) is 0 Å². The molecule has 1 unspecified atom stereocenters. The van der Waals surface area contributed by atoms with Crippen molar-refractivity contribution in [3.63, 3.8) is 0 Å². The lowest BCUT2D eigenvalue weighted by Gasteiger charge is -2.43. The van der Waals surface area contributed by atoms with Crippen LogP contribution in [0.15, 0.2) is 48.6 Å². The number of allylic oxidation sites excluding steroid dienone is 8. The van der Waals surface area contributed by atoms with Crippen LogP contribution in [0.5, 0.6) is 0 Å². The number of esters is 2. The third-order valence-corrected chi connectivity index (χ3v) is 15.4. The predicted octanol–water partition coefficient (Wildman–Crippen LogP) is 15.7. The highest BCUT2D eigenvalue weighted by Gasteiger charge is 2.54. The second-order valence-corrected chi connectivity index (χ2v) is 23.1. The number of unbranched alkanes of at least 4 members (excludes halogenated alkanes) is 31. The van der Waals surface area contributed by atoms with E-state index in [1.54, 1.807) is 0 Å². The van der Waals surface area contributed by atoms with E-state index in [9.17, 15) is 39.5 Å². The third kappa shape index (κ3) is 42.3. The summed E-state index contributed by atoms with van der Waals surface area (Å²) in [5.74, 6) is -1.29. The van der Waals surface area contributed by atoms with E-state index in [0.29, 0.717) is 25.9 Å². The molecule has 0 heterocycles. The van der Waals surface area contributed by atoms with Gasteiger partial charge in [-0.1, -0.05) is 256 Å². The molecule has 77 heavy (non-hydrogen) atoms. The smallest absolute Gasteiger partial charge is 0.457 e. The molecular formula is C63H115O13P. The molecule has 0 radical (unpaired) electrons. The van der Waals surface area contributed by atoms with E-state index in [-0.39, 0.29) is 19.4 Å². The zero-order valence-corrected chi connectivity index (χ0v) is 49.9. The highest BCUT2D eigenvalue weighted by Crippen LogP contribution is 2.47. The van der Waals surface area contributed by atoms with Crippen molar-refractivity contribution in [3.05, 3.63) is 48.6 Å². The Hall–Kier alpha value is -2.19. The van der Waals surface area contributed by atoms with Crippen LogP contribution in [0.25, 0.3) is 0 Å². The van der Waals surface area contributed by atoms with Crippen LogP contribution >= 0.6 is 7.82 Å². The van der Waals surface area contributed by atoms with E-state index in [1.807, 2.05) is 6.08 Å². The van der Waals surface area contributed by atoms with Gasteiger partial charge in [0.1, 0.15) is 36.6 Å². The van der Waals surface area contributed by atoms with Crippen molar-refractivity contribution >= 4 is 19.8 Å². The van der Waals surface area contributed by atoms with Crippen molar-refractivity contribution in [1.82, 2.24) is 0 Å². The molecule has 0 aliphatic heterocycles. The number of phosphoric ester groups is 1. The first kappa shape index (κ1) is 72.8. The van der Waals surface area contributed by atoms with Crippen molar-refractivity contribution in [2.24, 2.45) is 0 Å². The first-order valence-corrected chi connectivity index (χ1v) is 32.9. The molecule has 1 rings (SSSR count). The molecule has 0 aromatic rings. The van der Waals surface area contributed by atoms with Gasteiger partial charge < -0.3 is 39.5 Å². The number of rotatable bonds is 54. The quantitative estimate of drug-likeness (QED) is 0.0167. The van der Waals surface area contributed by atoms with E-state index in [1.165, 1.54) is 154 Å². The van der Waals surface area contributed by atoms with Crippen molar-refractivity contribution in [1.29, 1.82) is 0 Å². The first-order chi connectivity index (χ1) is 37.5. The molecule has 450 valence electrons. The maximum atomic E-state index is 13.5. The first-order valence-electron chi connectivity index (χ1n) is 31.4. The number of carbonyl (C=O) groups is 2.